The molecule has 0 bridgehead atoms. The minimum absolute atomic E-state index is 0.0193. The molecule has 1 aromatic heterocycles. The number of nitrogens with zero attached hydrogens (tertiary/aromatic N) is 2. The lowest BCUT2D eigenvalue weighted by atomic mass is 9.94. The first-order valence-electron chi connectivity index (χ1n) is 11.7. The van der Waals surface area contributed by atoms with Gasteiger partial charge in [-0.05, 0) is 76.9 Å². The van der Waals surface area contributed by atoms with Crippen LogP contribution in [0.25, 0.3) is 0 Å². The number of likely N-dealkylation sites (tertiary alicyclic amines) is 1. The highest BCUT2D eigenvalue weighted by Gasteiger charge is 2.31. The van der Waals surface area contributed by atoms with Gasteiger partial charge in [0.15, 0.2) is 0 Å². The maximum absolute atomic E-state index is 13.0. The number of aryl methyl sites for hydroxylation is 1. The molecule has 2 heterocycles. The van der Waals surface area contributed by atoms with E-state index in [2.05, 4.69) is 35.5 Å². The Balaban J connectivity index is 1.56. The van der Waals surface area contributed by atoms with Crippen LogP contribution < -0.4 is 10.6 Å². The highest BCUT2D eigenvalue weighted by Crippen LogP contribution is 2.37. The van der Waals surface area contributed by atoms with E-state index < -0.39 is 0 Å². The summed E-state index contributed by atoms with van der Waals surface area (Å²) in [4.78, 5) is 28.9. The van der Waals surface area contributed by atoms with E-state index in [9.17, 15) is 14.9 Å². The first-order valence-corrected chi connectivity index (χ1v) is 12.5. The highest BCUT2D eigenvalue weighted by atomic mass is 32.1. The number of amides is 2. The Morgan fingerprint density at radius 2 is 1.77 bits per heavy atom. The van der Waals surface area contributed by atoms with Crippen molar-refractivity contribution >= 4 is 28.2 Å². The van der Waals surface area contributed by atoms with E-state index in [1.165, 1.54) is 11.3 Å². The molecule has 1 aromatic rings. The van der Waals surface area contributed by atoms with E-state index in [4.69, 9.17) is 0 Å². The van der Waals surface area contributed by atoms with E-state index in [1.807, 2.05) is 13.8 Å². The topological polar surface area (TPSA) is 85.2 Å². The molecule has 3 rings (SSSR count). The summed E-state index contributed by atoms with van der Waals surface area (Å²) >= 11 is 1.58. The van der Waals surface area contributed by atoms with Crippen LogP contribution in [0.5, 0.6) is 0 Å². The summed E-state index contributed by atoms with van der Waals surface area (Å²) in [6.45, 7) is 9.64. The van der Waals surface area contributed by atoms with E-state index in [1.54, 1.807) is 11.3 Å². The number of nitrogens with one attached hydrogen (secondary N) is 2. The molecule has 2 N–H and O–H groups in total. The Morgan fingerprint density at radius 3 is 2.42 bits per heavy atom. The van der Waals surface area contributed by atoms with Crippen LogP contribution in [0.4, 0.5) is 5.00 Å². The van der Waals surface area contributed by atoms with E-state index in [0.717, 1.165) is 57.2 Å². The fourth-order valence-corrected chi connectivity index (χ4v) is 5.63. The van der Waals surface area contributed by atoms with Crippen LogP contribution in [0, 0.1) is 23.2 Å². The summed E-state index contributed by atoms with van der Waals surface area (Å²) in [5, 5.41) is 16.6. The number of hydrogen-bond acceptors (Lipinski definition) is 5. The predicted octanol–water partition coefficient (Wildman–Crippen LogP) is 4.09. The molecule has 1 aliphatic heterocycles. The van der Waals surface area contributed by atoms with Crippen molar-refractivity contribution < 1.29 is 9.59 Å². The zero-order chi connectivity index (χ0) is 22.5. The van der Waals surface area contributed by atoms with E-state index in [0.29, 0.717) is 16.5 Å². The molecule has 0 spiro atoms. The smallest absolute Gasteiger partial charge is 0.242 e. The predicted molar refractivity (Wildman–Crippen MR) is 125 cm³/mol. The molecule has 6 nitrogen and oxygen atoms in total. The van der Waals surface area contributed by atoms with E-state index >= 15 is 0 Å². The van der Waals surface area contributed by atoms with Gasteiger partial charge in [0.2, 0.25) is 11.8 Å². The van der Waals surface area contributed by atoms with Crippen molar-refractivity contribution in [2.75, 3.05) is 18.4 Å². The summed E-state index contributed by atoms with van der Waals surface area (Å²) in [6.07, 6.45) is 6.95. The highest BCUT2D eigenvalue weighted by molar-refractivity contribution is 7.16. The average molecular weight is 445 g/mol. The molecule has 170 valence electrons. The molecule has 7 heteroatoms. The van der Waals surface area contributed by atoms with Crippen molar-refractivity contribution in [2.45, 2.75) is 84.7 Å². The van der Waals surface area contributed by atoms with Gasteiger partial charge in [-0.3, -0.25) is 14.5 Å². The molecule has 1 saturated heterocycles. The Bertz CT molecular complexity index is 833. The largest absolute Gasteiger partial charge is 0.353 e. The normalized spacial score (nSPS) is 19.7. The van der Waals surface area contributed by atoms with Crippen LogP contribution in [-0.2, 0) is 22.4 Å². The van der Waals surface area contributed by atoms with Crippen molar-refractivity contribution in [3.8, 4) is 6.07 Å². The van der Waals surface area contributed by atoms with Crippen LogP contribution in [0.3, 0.4) is 0 Å². The Morgan fingerprint density at radius 1 is 1.10 bits per heavy atom. The minimum atomic E-state index is -0.285. The number of nitriles is 1. The molecule has 2 aliphatic rings. The second-order valence-electron chi connectivity index (χ2n) is 9.40. The van der Waals surface area contributed by atoms with Gasteiger partial charge in [0.05, 0.1) is 11.6 Å². The van der Waals surface area contributed by atoms with E-state index in [-0.39, 0.29) is 29.8 Å². The molecular weight excluding hydrogens is 408 g/mol. The third-order valence-electron chi connectivity index (χ3n) is 6.97. The van der Waals surface area contributed by atoms with Crippen molar-refractivity contribution in [3.63, 3.8) is 0 Å². The number of piperidine rings is 1. The van der Waals surface area contributed by atoms with Gasteiger partial charge in [0, 0.05) is 16.8 Å². The van der Waals surface area contributed by atoms with Gasteiger partial charge in [-0.2, -0.15) is 5.26 Å². The minimum Gasteiger partial charge on any atom is -0.353 e. The molecule has 0 saturated carbocycles. The number of rotatable bonds is 6. The second-order valence-corrected chi connectivity index (χ2v) is 10.5. The number of fused-ring (bicyclic) bond motifs is 1. The van der Waals surface area contributed by atoms with Gasteiger partial charge in [0.25, 0.3) is 0 Å². The second kappa shape index (κ2) is 10.6. The molecule has 2 atom stereocenters. The first-order chi connectivity index (χ1) is 14.8. The first kappa shape index (κ1) is 23.7. The van der Waals surface area contributed by atoms with Gasteiger partial charge in [-0.15, -0.1) is 11.3 Å². The monoisotopic (exact) mass is 444 g/mol. The van der Waals surface area contributed by atoms with Crippen molar-refractivity contribution in [1.82, 2.24) is 10.2 Å². The van der Waals surface area contributed by atoms with Crippen LogP contribution in [0.2, 0.25) is 0 Å². The molecule has 31 heavy (non-hydrogen) atoms. The molecule has 2 unspecified atom stereocenters. The third-order valence-corrected chi connectivity index (χ3v) is 8.17. The maximum atomic E-state index is 13.0. The lowest BCUT2D eigenvalue weighted by Gasteiger charge is -2.35. The molecule has 1 fully saturated rings. The van der Waals surface area contributed by atoms with Gasteiger partial charge in [-0.1, -0.05) is 20.3 Å². The standard InChI is InChI=1S/C24H36N4O2S/c1-15(2)16(3)26-23(30)18-10-12-28(13-11-18)17(4)22(29)27-24-20(14-25)19-8-6-5-7-9-21(19)31-24/h15-18H,5-13H2,1-4H3,(H,26,30)(H,27,29). The maximum Gasteiger partial charge on any atom is 0.242 e. The fraction of sp³-hybridized carbons (Fsp3) is 0.708. The summed E-state index contributed by atoms with van der Waals surface area (Å²) in [6, 6.07) is 2.22. The van der Waals surface area contributed by atoms with Crippen LogP contribution in [0.1, 0.15) is 75.8 Å². The zero-order valence-corrected chi connectivity index (χ0v) is 20.1. The van der Waals surface area contributed by atoms with Gasteiger partial charge in [-0.25, -0.2) is 0 Å². The summed E-state index contributed by atoms with van der Waals surface area (Å²) in [5.41, 5.74) is 1.81. The zero-order valence-electron chi connectivity index (χ0n) is 19.3. The summed E-state index contributed by atoms with van der Waals surface area (Å²) in [7, 11) is 0. The van der Waals surface area contributed by atoms with Crippen molar-refractivity contribution in [2.24, 2.45) is 11.8 Å². The molecule has 2 amide bonds. The number of anilines is 1. The Hall–Kier alpha value is -1.91. The van der Waals surface area contributed by atoms with Crippen molar-refractivity contribution in [1.29, 1.82) is 5.26 Å². The van der Waals surface area contributed by atoms with Crippen LogP contribution in [-0.4, -0.2) is 41.9 Å². The Kier molecular flexibility index (Phi) is 8.12. The van der Waals surface area contributed by atoms with Gasteiger partial charge < -0.3 is 10.6 Å². The molecule has 0 aromatic carbocycles. The molecule has 1 aliphatic carbocycles. The average Bonchev–Trinajstić information content (AvgIpc) is 2.91. The van der Waals surface area contributed by atoms with Gasteiger partial charge in [0.1, 0.15) is 11.1 Å². The van der Waals surface area contributed by atoms with Crippen molar-refractivity contribution in [3.05, 3.63) is 16.0 Å². The number of carbonyl (C=O) groups is 2. The number of thiophene rings is 1. The molecular formula is C24H36N4O2S. The Labute approximate surface area is 190 Å². The van der Waals surface area contributed by atoms with Crippen LogP contribution >= 0.6 is 11.3 Å². The summed E-state index contributed by atoms with van der Waals surface area (Å²) < 4.78 is 0. The van der Waals surface area contributed by atoms with Gasteiger partial charge >= 0.3 is 0 Å². The molecule has 0 radical (unpaired) electrons. The number of carbonyl (C=O) groups excluding carboxylic acids is 2. The third kappa shape index (κ3) is 5.67. The lowest BCUT2D eigenvalue weighted by Crippen LogP contribution is -2.49. The quantitative estimate of drug-likeness (QED) is 0.647. The lowest BCUT2D eigenvalue weighted by molar-refractivity contribution is -0.128. The van der Waals surface area contributed by atoms with Crippen LogP contribution in [0.15, 0.2) is 0 Å². The fourth-order valence-electron chi connectivity index (χ4n) is 4.39. The number of hydrogen-bond donors (Lipinski definition) is 2. The summed E-state index contributed by atoms with van der Waals surface area (Å²) in [5.74, 6) is 0.505. The SMILES string of the molecule is CC(C)C(C)NC(=O)C1CCN(C(C)C(=O)Nc2sc3c(c2C#N)CCCCC3)CC1.